The molecule has 0 spiro atoms. The van der Waals surface area contributed by atoms with Gasteiger partial charge in [-0.1, -0.05) is 6.07 Å². The van der Waals surface area contributed by atoms with Gasteiger partial charge in [0.15, 0.2) is 0 Å². The van der Waals surface area contributed by atoms with Gasteiger partial charge in [-0.2, -0.15) is 0 Å². The Hall–Kier alpha value is -1.02. The van der Waals surface area contributed by atoms with Crippen molar-refractivity contribution in [2.45, 2.75) is 6.54 Å². The van der Waals surface area contributed by atoms with Crippen LogP contribution in [0.15, 0.2) is 18.2 Å². The van der Waals surface area contributed by atoms with Crippen LogP contribution in [-0.4, -0.2) is 26.1 Å². The van der Waals surface area contributed by atoms with Crippen molar-refractivity contribution in [1.29, 1.82) is 0 Å². The van der Waals surface area contributed by atoms with Gasteiger partial charge in [-0.15, -0.1) is 0 Å². The molecule has 0 bridgehead atoms. The van der Waals surface area contributed by atoms with Crippen molar-refractivity contribution in [2.75, 3.05) is 21.2 Å². The number of ether oxygens (including phenoxy) is 1. The maximum Gasteiger partial charge on any atom is 0.123 e. The van der Waals surface area contributed by atoms with Crippen LogP contribution in [0.2, 0.25) is 0 Å². The Bertz CT molecular complexity index is 245. The van der Waals surface area contributed by atoms with Crippen molar-refractivity contribution >= 4 is 0 Å². The van der Waals surface area contributed by atoms with E-state index in [2.05, 4.69) is 11.0 Å². The van der Waals surface area contributed by atoms with Gasteiger partial charge >= 0.3 is 0 Å². The molecule has 0 unspecified atom stereocenters. The summed E-state index contributed by atoms with van der Waals surface area (Å²) in [7, 11) is 5.76. The van der Waals surface area contributed by atoms with Crippen LogP contribution in [0.3, 0.4) is 0 Å². The Kier molecular flexibility index (Phi) is 3.11. The van der Waals surface area contributed by atoms with Crippen LogP contribution in [-0.2, 0) is 6.54 Å². The van der Waals surface area contributed by atoms with Crippen LogP contribution < -0.4 is 4.74 Å². The monoisotopic (exact) mass is 164 g/mol. The molecule has 12 heavy (non-hydrogen) atoms. The maximum atomic E-state index is 5.20. The molecule has 65 valence electrons. The maximum absolute atomic E-state index is 5.20. The number of hydrogen-bond donors (Lipinski definition) is 0. The molecule has 1 radical (unpaired) electrons. The first-order valence-electron chi connectivity index (χ1n) is 3.91. The molecule has 1 aromatic carbocycles. The summed E-state index contributed by atoms with van der Waals surface area (Å²) in [6.45, 7) is 0.889. The first kappa shape index (κ1) is 9.07. The fraction of sp³-hybridized carbons (Fsp3) is 0.400. The van der Waals surface area contributed by atoms with E-state index < -0.39 is 0 Å². The Morgan fingerprint density at radius 2 is 2.25 bits per heavy atom. The highest BCUT2D eigenvalue weighted by Crippen LogP contribution is 2.17. The van der Waals surface area contributed by atoms with Crippen LogP contribution in [0.4, 0.5) is 0 Å². The third-order valence-corrected chi connectivity index (χ3v) is 1.61. The Labute approximate surface area is 73.8 Å². The van der Waals surface area contributed by atoms with E-state index in [-0.39, 0.29) is 0 Å². The Morgan fingerprint density at radius 3 is 2.83 bits per heavy atom. The average Bonchev–Trinajstić information content (AvgIpc) is 2.04. The minimum absolute atomic E-state index is 0.889. The van der Waals surface area contributed by atoms with Gasteiger partial charge in [-0.05, 0) is 32.3 Å². The normalized spacial score (nSPS) is 10.3. The molecule has 0 amide bonds. The standard InChI is InChI=1S/C10H14NO/c1-11(2)8-9-6-4-5-7-10(9)12-3/h5-7H,8H2,1-3H3. The van der Waals surface area contributed by atoms with E-state index in [9.17, 15) is 0 Å². The molecule has 0 aliphatic carbocycles. The Balaban J connectivity index is 2.82. The molecule has 0 heterocycles. The highest BCUT2D eigenvalue weighted by atomic mass is 16.5. The van der Waals surface area contributed by atoms with Gasteiger partial charge < -0.3 is 9.64 Å². The molecular weight excluding hydrogens is 150 g/mol. The van der Waals surface area contributed by atoms with E-state index in [0.717, 1.165) is 12.3 Å². The summed E-state index contributed by atoms with van der Waals surface area (Å²) in [6.07, 6.45) is 0. The molecule has 2 heteroatoms. The second-order valence-corrected chi connectivity index (χ2v) is 2.98. The van der Waals surface area contributed by atoms with Crippen LogP contribution in [0.1, 0.15) is 5.56 Å². The molecule has 0 atom stereocenters. The summed E-state index contributed by atoms with van der Waals surface area (Å²) in [5.74, 6) is 0.933. The summed E-state index contributed by atoms with van der Waals surface area (Å²) >= 11 is 0. The van der Waals surface area contributed by atoms with Crippen molar-refractivity contribution in [2.24, 2.45) is 0 Å². The molecule has 0 N–H and O–H groups in total. The largest absolute Gasteiger partial charge is 0.496 e. The van der Waals surface area contributed by atoms with Gasteiger partial charge in [0, 0.05) is 12.1 Å². The summed E-state index contributed by atoms with van der Waals surface area (Å²) in [5, 5.41) is 0. The van der Waals surface area contributed by atoms with Crippen molar-refractivity contribution in [1.82, 2.24) is 4.90 Å². The molecule has 2 nitrogen and oxygen atoms in total. The van der Waals surface area contributed by atoms with E-state index >= 15 is 0 Å². The highest BCUT2D eigenvalue weighted by Gasteiger charge is 2.01. The second kappa shape index (κ2) is 4.12. The van der Waals surface area contributed by atoms with E-state index in [4.69, 9.17) is 4.74 Å². The lowest BCUT2D eigenvalue weighted by Gasteiger charge is -2.12. The van der Waals surface area contributed by atoms with E-state index in [1.165, 1.54) is 5.56 Å². The Morgan fingerprint density at radius 1 is 1.50 bits per heavy atom. The lowest BCUT2D eigenvalue weighted by Crippen LogP contribution is -2.11. The molecule has 0 aliphatic rings. The number of nitrogens with zero attached hydrogens (tertiary/aromatic N) is 1. The number of hydrogen-bond acceptors (Lipinski definition) is 2. The number of rotatable bonds is 3. The summed E-state index contributed by atoms with van der Waals surface area (Å²) in [4.78, 5) is 2.10. The number of methoxy groups -OCH3 is 1. The molecule has 1 rings (SSSR count). The van der Waals surface area contributed by atoms with Crippen molar-refractivity contribution in [3.8, 4) is 5.75 Å². The fourth-order valence-electron chi connectivity index (χ4n) is 1.11. The lowest BCUT2D eigenvalue weighted by atomic mass is 10.2. The number of benzene rings is 1. The summed E-state index contributed by atoms with van der Waals surface area (Å²) in [6, 6.07) is 8.78. The third kappa shape index (κ3) is 2.24. The topological polar surface area (TPSA) is 12.5 Å². The SMILES string of the molecule is COc1cc[c]cc1CN(C)C. The minimum atomic E-state index is 0.889. The van der Waals surface area contributed by atoms with Gasteiger partial charge in [-0.3, -0.25) is 0 Å². The summed E-state index contributed by atoms with van der Waals surface area (Å²) in [5.41, 5.74) is 1.17. The van der Waals surface area contributed by atoms with E-state index in [0.29, 0.717) is 0 Å². The first-order valence-corrected chi connectivity index (χ1v) is 3.91. The van der Waals surface area contributed by atoms with Gasteiger partial charge in [0.25, 0.3) is 0 Å². The van der Waals surface area contributed by atoms with Crippen LogP contribution >= 0.6 is 0 Å². The fourth-order valence-corrected chi connectivity index (χ4v) is 1.11. The van der Waals surface area contributed by atoms with Gasteiger partial charge in [0.1, 0.15) is 5.75 Å². The van der Waals surface area contributed by atoms with Gasteiger partial charge in [-0.25, -0.2) is 0 Å². The zero-order chi connectivity index (χ0) is 8.97. The molecule has 0 aliphatic heterocycles. The summed E-state index contributed by atoms with van der Waals surface area (Å²) < 4.78 is 5.20. The van der Waals surface area contributed by atoms with Crippen molar-refractivity contribution < 1.29 is 4.74 Å². The van der Waals surface area contributed by atoms with Gasteiger partial charge in [0.2, 0.25) is 0 Å². The molecule has 0 aromatic heterocycles. The van der Waals surface area contributed by atoms with E-state index in [1.54, 1.807) is 7.11 Å². The highest BCUT2D eigenvalue weighted by molar-refractivity contribution is 5.32. The molecule has 1 aromatic rings. The van der Waals surface area contributed by atoms with Crippen molar-refractivity contribution in [3.05, 3.63) is 29.8 Å². The lowest BCUT2D eigenvalue weighted by molar-refractivity contribution is 0.372. The predicted octanol–water partition coefficient (Wildman–Crippen LogP) is 1.56. The minimum Gasteiger partial charge on any atom is -0.496 e. The molecular formula is C10H14NO. The third-order valence-electron chi connectivity index (χ3n) is 1.61. The predicted molar refractivity (Wildman–Crippen MR) is 49.2 cm³/mol. The van der Waals surface area contributed by atoms with Gasteiger partial charge in [0.05, 0.1) is 7.11 Å². The van der Waals surface area contributed by atoms with Crippen LogP contribution in [0, 0.1) is 6.07 Å². The smallest absolute Gasteiger partial charge is 0.123 e. The zero-order valence-corrected chi connectivity index (χ0v) is 7.79. The van der Waals surface area contributed by atoms with E-state index in [1.807, 2.05) is 32.3 Å². The van der Waals surface area contributed by atoms with Crippen molar-refractivity contribution in [3.63, 3.8) is 0 Å². The zero-order valence-electron chi connectivity index (χ0n) is 7.79. The molecule has 0 saturated heterocycles. The quantitative estimate of drug-likeness (QED) is 0.672. The molecule has 0 saturated carbocycles. The second-order valence-electron chi connectivity index (χ2n) is 2.98. The first-order chi connectivity index (χ1) is 5.74. The molecule has 0 fully saturated rings. The van der Waals surface area contributed by atoms with Crippen LogP contribution in [0.25, 0.3) is 0 Å². The van der Waals surface area contributed by atoms with Crippen LogP contribution in [0.5, 0.6) is 5.75 Å². The average molecular weight is 164 g/mol.